The van der Waals surface area contributed by atoms with E-state index >= 15 is 0 Å². The Hall–Kier alpha value is -0.870. The topological polar surface area (TPSA) is 29.5 Å². The fourth-order valence-electron chi connectivity index (χ4n) is 1.37. The lowest BCUT2D eigenvalue weighted by Gasteiger charge is -2.21. The van der Waals surface area contributed by atoms with Gasteiger partial charge in [0.2, 0.25) is 5.91 Å². The molecular weight excluding hydrogens is 282 g/mol. The Balaban J connectivity index is 2.59. The van der Waals surface area contributed by atoms with E-state index in [1.807, 2.05) is 24.3 Å². The van der Waals surface area contributed by atoms with Crippen LogP contribution in [0.2, 0.25) is 0 Å². The Labute approximate surface area is 111 Å². The molecule has 1 amide bonds. The molecule has 0 heterocycles. The van der Waals surface area contributed by atoms with E-state index in [9.17, 15) is 4.79 Å². The summed E-state index contributed by atoms with van der Waals surface area (Å²) in [6.07, 6.45) is 2.12. The van der Waals surface area contributed by atoms with Crippen molar-refractivity contribution in [2.45, 2.75) is 26.7 Å². The molecule has 0 N–H and O–H groups in total. The Morgan fingerprint density at radius 2 is 2.00 bits per heavy atom. The SMILES string of the molecule is CCCCOCN(C(C)=O)c1ccc(Br)cc1. The van der Waals surface area contributed by atoms with E-state index in [1.54, 1.807) is 11.8 Å². The molecule has 17 heavy (non-hydrogen) atoms. The first-order chi connectivity index (χ1) is 8.15. The summed E-state index contributed by atoms with van der Waals surface area (Å²) in [6, 6.07) is 7.62. The third kappa shape index (κ3) is 4.88. The van der Waals surface area contributed by atoms with Gasteiger partial charge >= 0.3 is 0 Å². The number of hydrogen-bond donors (Lipinski definition) is 0. The summed E-state index contributed by atoms with van der Waals surface area (Å²) in [4.78, 5) is 13.2. The summed E-state index contributed by atoms with van der Waals surface area (Å²) in [5, 5.41) is 0. The molecule has 0 spiro atoms. The van der Waals surface area contributed by atoms with E-state index in [0.717, 1.165) is 23.0 Å². The van der Waals surface area contributed by atoms with Gasteiger partial charge in [0.15, 0.2) is 0 Å². The Bertz CT molecular complexity index is 351. The first-order valence-electron chi connectivity index (χ1n) is 5.76. The first kappa shape index (κ1) is 14.2. The number of anilines is 1. The summed E-state index contributed by atoms with van der Waals surface area (Å²) in [6.45, 7) is 4.67. The molecule has 4 heteroatoms. The average Bonchev–Trinajstić information content (AvgIpc) is 2.30. The van der Waals surface area contributed by atoms with Crippen LogP contribution in [0.1, 0.15) is 26.7 Å². The number of amides is 1. The van der Waals surface area contributed by atoms with Crippen molar-refractivity contribution in [1.29, 1.82) is 0 Å². The monoisotopic (exact) mass is 299 g/mol. The van der Waals surface area contributed by atoms with Crippen molar-refractivity contribution in [2.75, 3.05) is 18.2 Å². The van der Waals surface area contributed by atoms with Crippen molar-refractivity contribution in [2.24, 2.45) is 0 Å². The Kier molecular flexibility index (Phi) is 6.22. The summed E-state index contributed by atoms with van der Waals surface area (Å²) in [5.41, 5.74) is 0.859. The number of nitrogens with zero attached hydrogens (tertiary/aromatic N) is 1. The largest absolute Gasteiger partial charge is 0.361 e. The van der Waals surface area contributed by atoms with Crippen LogP contribution < -0.4 is 4.90 Å². The minimum absolute atomic E-state index is 0.0104. The minimum atomic E-state index is -0.0104. The summed E-state index contributed by atoms with van der Waals surface area (Å²) in [7, 11) is 0. The molecule has 0 radical (unpaired) electrons. The van der Waals surface area contributed by atoms with Gasteiger partial charge in [-0.15, -0.1) is 0 Å². The highest BCUT2D eigenvalue weighted by atomic mass is 79.9. The van der Waals surface area contributed by atoms with Crippen molar-refractivity contribution in [3.05, 3.63) is 28.7 Å². The number of rotatable bonds is 6. The van der Waals surface area contributed by atoms with Crippen molar-refractivity contribution in [3.63, 3.8) is 0 Å². The van der Waals surface area contributed by atoms with E-state index in [2.05, 4.69) is 22.9 Å². The molecule has 0 atom stereocenters. The fourth-order valence-corrected chi connectivity index (χ4v) is 1.63. The van der Waals surface area contributed by atoms with Crippen molar-refractivity contribution in [3.8, 4) is 0 Å². The summed E-state index contributed by atoms with van der Waals surface area (Å²) in [5.74, 6) is -0.0104. The molecule has 0 aromatic heterocycles. The number of unbranched alkanes of at least 4 members (excludes halogenated alkanes) is 1. The Morgan fingerprint density at radius 3 is 2.53 bits per heavy atom. The van der Waals surface area contributed by atoms with Crippen LogP contribution in [0.5, 0.6) is 0 Å². The third-order valence-corrected chi connectivity index (χ3v) is 2.91. The smallest absolute Gasteiger partial charge is 0.225 e. The highest BCUT2D eigenvalue weighted by Gasteiger charge is 2.10. The van der Waals surface area contributed by atoms with Crippen LogP contribution in [0, 0.1) is 0 Å². The lowest BCUT2D eigenvalue weighted by Crippen LogP contribution is -2.31. The predicted molar refractivity (Wildman–Crippen MR) is 73.0 cm³/mol. The molecular formula is C13H18BrNO2. The number of benzene rings is 1. The zero-order chi connectivity index (χ0) is 12.7. The van der Waals surface area contributed by atoms with Gasteiger partial charge in [-0.1, -0.05) is 29.3 Å². The second-order valence-electron chi connectivity index (χ2n) is 3.81. The van der Waals surface area contributed by atoms with Gasteiger partial charge in [-0.2, -0.15) is 0 Å². The van der Waals surface area contributed by atoms with Gasteiger partial charge in [0.1, 0.15) is 6.73 Å². The quantitative estimate of drug-likeness (QED) is 0.593. The van der Waals surface area contributed by atoms with Gasteiger partial charge in [0, 0.05) is 23.7 Å². The molecule has 1 aromatic rings. The van der Waals surface area contributed by atoms with Crippen molar-refractivity contribution < 1.29 is 9.53 Å². The average molecular weight is 300 g/mol. The van der Waals surface area contributed by atoms with E-state index < -0.39 is 0 Å². The molecule has 0 fully saturated rings. The third-order valence-electron chi connectivity index (χ3n) is 2.38. The first-order valence-corrected chi connectivity index (χ1v) is 6.56. The van der Waals surface area contributed by atoms with Crippen LogP contribution in [0.4, 0.5) is 5.69 Å². The Morgan fingerprint density at radius 1 is 1.35 bits per heavy atom. The zero-order valence-electron chi connectivity index (χ0n) is 10.3. The predicted octanol–water partition coefficient (Wildman–Crippen LogP) is 3.58. The lowest BCUT2D eigenvalue weighted by atomic mass is 10.3. The number of hydrogen-bond acceptors (Lipinski definition) is 2. The van der Waals surface area contributed by atoms with Gasteiger partial charge in [-0.25, -0.2) is 0 Å². The van der Waals surface area contributed by atoms with Crippen molar-refractivity contribution in [1.82, 2.24) is 0 Å². The number of ether oxygens (including phenoxy) is 1. The van der Waals surface area contributed by atoms with Crippen LogP contribution in [-0.4, -0.2) is 19.2 Å². The molecule has 3 nitrogen and oxygen atoms in total. The molecule has 0 unspecified atom stereocenters. The van der Waals surface area contributed by atoms with Crippen LogP contribution in [0.3, 0.4) is 0 Å². The van der Waals surface area contributed by atoms with Crippen LogP contribution in [-0.2, 0) is 9.53 Å². The maximum atomic E-state index is 11.5. The maximum Gasteiger partial charge on any atom is 0.225 e. The van der Waals surface area contributed by atoms with Gasteiger partial charge in [-0.3, -0.25) is 9.69 Å². The molecule has 0 aliphatic rings. The molecule has 1 rings (SSSR count). The molecule has 0 aliphatic heterocycles. The number of carbonyl (C=O) groups excluding carboxylic acids is 1. The van der Waals surface area contributed by atoms with Crippen LogP contribution in [0.25, 0.3) is 0 Å². The summed E-state index contributed by atoms with van der Waals surface area (Å²) >= 11 is 3.37. The van der Waals surface area contributed by atoms with Gasteiger partial charge in [-0.05, 0) is 30.7 Å². The second-order valence-corrected chi connectivity index (χ2v) is 4.73. The van der Waals surface area contributed by atoms with Crippen LogP contribution >= 0.6 is 15.9 Å². The van der Waals surface area contributed by atoms with Gasteiger partial charge < -0.3 is 4.74 Å². The van der Waals surface area contributed by atoms with E-state index in [4.69, 9.17) is 4.74 Å². The standard InChI is InChI=1S/C13H18BrNO2/c1-3-4-9-17-10-15(11(2)16)13-7-5-12(14)6-8-13/h5-8H,3-4,9-10H2,1-2H3. The van der Waals surface area contributed by atoms with Crippen LogP contribution in [0.15, 0.2) is 28.7 Å². The minimum Gasteiger partial charge on any atom is -0.361 e. The molecule has 94 valence electrons. The second kappa shape index (κ2) is 7.45. The van der Waals surface area contributed by atoms with E-state index in [1.165, 1.54) is 0 Å². The summed E-state index contributed by atoms with van der Waals surface area (Å²) < 4.78 is 6.47. The zero-order valence-corrected chi connectivity index (χ0v) is 11.9. The van der Waals surface area contributed by atoms with Gasteiger partial charge in [0.25, 0.3) is 0 Å². The molecule has 0 saturated carbocycles. The lowest BCUT2D eigenvalue weighted by molar-refractivity contribution is -0.117. The molecule has 0 bridgehead atoms. The molecule has 1 aromatic carbocycles. The highest BCUT2D eigenvalue weighted by molar-refractivity contribution is 9.10. The maximum absolute atomic E-state index is 11.5. The van der Waals surface area contributed by atoms with Gasteiger partial charge in [0.05, 0.1) is 0 Å². The molecule has 0 aliphatic carbocycles. The van der Waals surface area contributed by atoms with E-state index in [-0.39, 0.29) is 5.91 Å². The van der Waals surface area contributed by atoms with Crippen molar-refractivity contribution >= 4 is 27.5 Å². The highest BCUT2D eigenvalue weighted by Crippen LogP contribution is 2.18. The number of carbonyl (C=O) groups is 1. The fraction of sp³-hybridized carbons (Fsp3) is 0.462. The molecule has 0 saturated heterocycles. The number of halogens is 1. The van der Waals surface area contributed by atoms with E-state index in [0.29, 0.717) is 13.3 Å². The normalized spacial score (nSPS) is 10.3.